The Morgan fingerprint density at radius 1 is 1.21 bits per heavy atom. The van der Waals surface area contributed by atoms with Crippen LogP contribution in [0.3, 0.4) is 0 Å². The second kappa shape index (κ2) is 3.99. The number of benzene rings is 1. The monoisotopic (exact) mass is 196 g/mol. The van der Waals surface area contributed by atoms with Gasteiger partial charge in [-0.05, 0) is 29.5 Å². The predicted octanol–water partition coefficient (Wildman–Crippen LogP) is 3.42. The lowest BCUT2D eigenvalue weighted by atomic mass is 9.88. The Morgan fingerprint density at radius 2 is 1.86 bits per heavy atom. The SMILES string of the molecule is COc1cc(F)cc(CC(C)(C)C)c1. The van der Waals surface area contributed by atoms with E-state index in [1.807, 2.05) is 6.07 Å². The van der Waals surface area contributed by atoms with Crippen LogP contribution in [0.15, 0.2) is 18.2 Å². The zero-order valence-electron chi connectivity index (χ0n) is 9.23. The maximum Gasteiger partial charge on any atom is 0.127 e. The molecule has 1 nitrogen and oxygen atoms in total. The molecule has 0 heterocycles. The minimum absolute atomic E-state index is 0.165. The van der Waals surface area contributed by atoms with E-state index >= 15 is 0 Å². The Morgan fingerprint density at radius 3 is 2.36 bits per heavy atom. The molecule has 0 N–H and O–H groups in total. The quantitative estimate of drug-likeness (QED) is 0.704. The van der Waals surface area contributed by atoms with E-state index in [0.717, 1.165) is 12.0 Å². The third-order valence-corrected chi connectivity index (χ3v) is 1.90. The van der Waals surface area contributed by atoms with E-state index in [0.29, 0.717) is 5.75 Å². The molecule has 0 spiro atoms. The van der Waals surface area contributed by atoms with Crippen LogP contribution in [0.5, 0.6) is 5.75 Å². The Balaban J connectivity index is 2.92. The van der Waals surface area contributed by atoms with Gasteiger partial charge in [-0.3, -0.25) is 0 Å². The van der Waals surface area contributed by atoms with Crippen LogP contribution in [0.2, 0.25) is 0 Å². The number of halogens is 1. The number of hydrogen-bond acceptors (Lipinski definition) is 1. The zero-order valence-corrected chi connectivity index (χ0v) is 9.23. The molecule has 78 valence electrons. The summed E-state index contributed by atoms with van der Waals surface area (Å²) in [6.07, 6.45) is 0.848. The molecule has 0 bridgehead atoms. The van der Waals surface area contributed by atoms with Crippen LogP contribution in [0.1, 0.15) is 26.3 Å². The first-order chi connectivity index (χ1) is 6.40. The summed E-state index contributed by atoms with van der Waals surface area (Å²) in [5.74, 6) is 0.354. The first kappa shape index (κ1) is 11.0. The van der Waals surface area contributed by atoms with Crippen molar-refractivity contribution in [3.63, 3.8) is 0 Å². The molecule has 0 aromatic heterocycles. The van der Waals surface area contributed by atoms with Crippen LogP contribution in [-0.2, 0) is 6.42 Å². The van der Waals surface area contributed by atoms with Crippen LogP contribution in [0.25, 0.3) is 0 Å². The van der Waals surface area contributed by atoms with Gasteiger partial charge in [-0.25, -0.2) is 4.39 Å². The van der Waals surface area contributed by atoms with Crippen LogP contribution >= 0.6 is 0 Å². The van der Waals surface area contributed by atoms with Gasteiger partial charge in [-0.15, -0.1) is 0 Å². The normalized spacial score (nSPS) is 11.5. The third kappa shape index (κ3) is 3.36. The summed E-state index contributed by atoms with van der Waals surface area (Å²) in [6, 6.07) is 4.84. The maximum atomic E-state index is 13.1. The maximum absolute atomic E-state index is 13.1. The van der Waals surface area contributed by atoms with Crippen molar-refractivity contribution in [1.82, 2.24) is 0 Å². The van der Waals surface area contributed by atoms with E-state index in [1.165, 1.54) is 6.07 Å². The second-order valence-corrected chi connectivity index (χ2v) is 4.74. The Labute approximate surface area is 84.9 Å². The molecular formula is C12H17FO. The molecule has 1 aromatic rings. The van der Waals surface area contributed by atoms with Gasteiger partial charge in [0.15, 0.2) is 0 Å². The third-order valence-electron chi connectivity index (χ3n) is 1.90. The summed E-state index contributed by atoms with van der Waals surface area (Å²) in [4.78, 5) is 0. The Bertz CT molecular complexity index is 313. The summed E-state index contributed by atoms with van der Waals surface area (Å²) >= 11 is 0. The van der Waals surface area contributed by atoms with Crippen molar-refractivity contribution in [3.05, 3.63) is 29.6 Å². The fraction of sp³-hybridized carbons (Fsp3) is 0.500. The fourth-order valence-corrected chi connectivity index (χ4v) is 1.45. The van der Waals surface area contributed by atoms with Gasteiger partial charge in [0.1, 0.15) is 11.6 Å². The molecule has 1 rings (SSSR count). The van der Waals surface area contributed by atoms with Gasteiger partial charge in [0.2, 0.25) is 0 Å². The molecule has 0 atom stereocenters. The Kier molecular flexibility index (Phi) is 3.14. The van der Waals surface area contributed by atoms with Crippen molar-refractivity contribution in [3.8, 4) is 5.75 Å². The van der Waals surface area contributed by atoms with Gasteiger partial charge in [0.05, 0.1) is 7.11 Å². The van der Waals surface area contributed by atoms with E-state index in [1.54, 1.807) is 13.2 Å². The highest BCUT2D eigenvalue weighted by Crippen LogP contribution is 2.24. The summed E-state index contributed by atoms with van der Waals surface area (Å²) in [7, 11) is 1.55. The summed E-state index contributed by atoms with van der Waals surface area (Å²) in [5.41, 5.74) is 1.15. The van der Waals surface area contributed by atoms with E-state index in [-0.39, 0.29) is 11.2 Å². The number of ether oxygens (including phenoxy) is 1. The summed E-state index contributed by atoms with van der Waals surface area (Å²) < 4.78 is 18.1. The molecule has 0 aliphatic carbocycles. The van der Waals surface area contributed by atoms with Crippen LogP contribution in [0, 0.1) is 11.2 Å². The largest absolute Gasteiger partial charge is 0.497 e. The zero-order chi connectivity index (χ0) is 10.8. The molecule has 0 radical (unpaired) electrons. The van der Waals surface area contributed by atoms with Crippen LogP contribution in [0.4, 0.5) is 4.39 Å². The second-order valence-electron chi connectivity index (χ2n) is 4.74. The van der Waals surface area contributed by atoms with E-state index < -0.39 is 0 Å². The van der Waals surface area contributed by atoms with E-state index in [4.69, 9.17) is 4.74 Å². The Hall–Kier alpha value is -1.05. The molecule has 0 unspecified atom stereocenters. The smallest absolute Gasteiger partial charge is 0.127 e. The molecule has 1 aromatic carbocycles. The van der Waals surface area contributed by atoms with Gasteiger partial charge in [-0.1, -0.05) is 20.8 Å². The summed E-state index contributed by atoms with van der Waals surface area (Å²) in [6.45, 7) is 6.39. The molecule has 0 aliphatic heterocycles. The predicted molar refractivity (Wildman–Crippen MR) is 56.1 cm³/mol. The van der Waals surface area contributed by atoms with Crippen LogP contribution in [-0.4, -0.2) is 7.11 Å². The highest BCUT2D eigenvalue weighted by atomic mass is 19.1. The van der Waals surface area contributed by atoms with Crippen LogP contribution < -0.4 is 4.74 Å². The van der Waals surface area contributed by atoms with Gasteiger partial charge in [0, 0.05) is 6.07 Å². The van der Waals surface area contributed by atoms with E-state index in [2.05, 4.69) is 20.8 Å². The number of methoxy groups -OCH3 is 1. The van der Waals surface area contributed by atoms with Crippen molar-refractivity contribution < 1.29 is 9.13 Å². The lowest BCUT2D eigenvalue weighted by Crippen LogP contribution is -2.09. The summed E-state index contributed by atoms with van der Waals surface area (Å²) in [5, 5.41) is 0. The lowest BCUT2D eigenvalue weighted by molar-refractivity contribution is 0.398. The van der Waals surface area contributed by atoms with Crippen molar-refractivity contribution >= 4 is 0 Å². The molecule has 2 heteroatoms. The molecule has 0 fully saturated rings. The molecule has 0 saturated heterocycles. The molecule has 0 aliphatic rings. The number of hydrogen-bond donors (Lipinski definition) is 0. The minimum Gasteiger partial charge on any atom is -0.497 e. The van der Waals surface area contributed by atoms with Crippen molar-refractivity contribution in [2.24, 2.45) is 5.41 Å². The molecule has 0 saturated carbocycles. The highest BCUT2D eigenvalue weighted by molar-refractivity contribution is 5.30. The van der Waals surface area contributed by atoms with Gasteiger partial charge in [-0.2, -0.15) is 0 Å². The van der Waals surface area contributed by atoms with E-state index in [9.17, 15) is 4.39 Å². The number of rotatable bonds is 2. The molecule has 14 heavy (non-hydrogen) atoms. The molecule has 0 amide bonds. The van der Waals surface area contributed by atoms with Gasteiger partial charge >= 0.3 is 0 Å². The lowest BCUT2D eigenvalue weighted by Gasteiger charge is -2.18. The first-order valence-electron chi connectivity index (χ1n) is 4.74. The standard InChI is InChI=1S/C12H17FO/c1-12(2,3)8-9-5-10(13)7-11(6-9)14-4/h5-7H,8H2,1-4H3. The molecular weight excluding hydrogens is 179 g/mol. The van der Waals surface area contributed by atoms with Crippen molar-refractivity contribution in [2.45, 2.75) is 27.2 Å². The van der Waals surface area contributed by atoms with Gasteiger partial charge in [0.25, 0.3) is 0 Å². The first-order valence-corrected chi connectivity index (χ1v) is 4.74. The van der Waals surface area contributed by atoms with Crippen molar-refractivity contribution in [1.29, 1.82) is 0 Å². The minimum atomic E-state index is -0.233. The van der Waals surface area contributed by atoms with Gasteiger partial charge < -0.3 is 4.74 Å². The average Bonchev–Trinajstić information content (AvgIpc) is 1.99. The average molecular weight is 196 g/mol. The topological polar surface area (TPSA) is 9.23 Å². The highest BCUT2D eigenvalue weighted by Gasteiger charge is 2.12. The van der Waals surface area contributed by atoms with Crippen molar-refractivity contribution in [2.75, 3.05) is 7.11 Å². The fourth-order valence-electron chi connectivity index (χ4n) is 1.45.